The summed E-state index contributed by atoms with van der Waals surface area (Å²) in [5.41, 5.74) is 1.70. The maximum absolute atomic E-state index is 4.37. The van der Waals surface area contributed by atoms with Gasteiger partial charge < -0.3 is 0 Å². The van der Waals surface area contributed by atoms with Crippen molar-refractivity contribution in [3.05, 3.63) is 23.8 Å². The normalized spacial score (nSPS) is 11.8. The summed E-state index contributed by atoms with van der Waals surface area (Å²) in [6.45, 7) is 6.82. The van der Waals surface area contributed by atoms with Crippen molar-refractivity contribution in [1.29, 1.82) is 0 Å². The van der Waals surface area contributed by atoms with Crippen LogP contribution in [0.3, 0.4) is 0 Å². The molecular weight excluding hydrogens is 208 g/mol. The number of benzene rings is 1. The maximum Gasteiger partial charge on any atom is 0.0118 e. The van der Waals surface area contributed by atoms with Crippen LogP contribution in [0.4, 0.5) is 0 Å². The lowest BCUT2D eigenvalue weighted by atomic mass is 9.82. The van der Waals surface area contributed by atoms with Gasteiger partial charge in [-0.2, -0.15) is 0 Å². The summed E-state index contributed by atoms with van der Waals surface area (Å²) in [7, 11) is 0. The lowest BCUT2D eigenvalue weighted by Crippen LogP contribution is -2.16. The Kier molecular flexibility index (Phi) is 3.96. The van der Waals surface area contributed by atoms with Crippen molar-refractivity contribution in [2.45, 2.75) is 42.4 Å². The van der Waals surface area contributed by atoms with Gasteiger partial charge in [-0.3, -0.25) is 0 Å². The Morgan fingerprint density at radius 2 is 2.00 bits per heavy atom. The second kappa shape index (κ2) is 4.63. The van der Waals surface area contributed by atoms with E-state index in [-0.39, 0.29) is 5.41 Å². The fraction of sp³-hybridized carbons (Fsp3) is 0.500. The zero-order valence-electron chi connectivity index (χ0n) is 9.29. The lowest BCUT2D eigenvalue weighted by molar-refractivity contribution is 0.496. The van der Waals surface area contributed by atoms with Gasteiger partial charge in [0.25, 0.3) is 0 Å². The van der Waals surface area contributed by atoms with Gasteiger partial charge >= 0.3 is 0 Å². The molecule has 0 bridgehead atoms. The van der Waals surface area contributed by atoms with E-state index in [1.807, 2.05) is 0 Å². The minimum Gasteiger partial charge on any atom is -0.143 e. The molecule has 1 aromatic carbocycles. The van der Waals surface area contributed by atoms with Crippen molar-refractivity contribution in [1.82, 2.24) is 0 Å². The monoisotopic (exact) mass is 226 g/mol. The predicted molar refractivity (Wildman–Crippen MR) is 68.8 cm³/mol. The van der Waals surface area contributed by atoms with E-state index >= 15 is 0 Å². The zero-order valence-corrected chi connectivity index (χ0v) is 11.0. The van der Waals surface area contributed by atoms with Gasteiger partial charge in [-0.15, -0.1) is 24.4 Å². The Morgan fingerprint density at radius 3 is 2.50 bits per heavy atom. The Labute approximate surface area is 96.9 Å². The van der Waals surface area contributed by atoms with Crippen molar-refractivity contribution in [3.63, 3.8) is 0 Å². The van der Waals surface area contributed by atoms with E-state index in [1.165, 1.54) is 10.5 Å². The van der Waals surface area contributed by atoms with Gasteiger partial charge in [0.1, 0.15) is 0 Å². The quantitative estimate of drug-likeness (QED) is 0.589. The largest absolute Gasteiger partial charge is 0.143 e. The molecule has 2 heteroatoms. The second-order valence-electron chi connectivity index (χ2n) is 4.12. The lowest BCUT2D eigenvalue weighted by Gasteiger charge is -2.25. The van der Waals surface area contributed by atoms with E-state index in [0.717, 1.165) is 11.3 Å². The summed E-state index contributed by atoms with van der Waals surface area (Å²) in [5.74, 6) is 0. The van der Waals surface area contributed by atoms with Crippen molar-refractivity contribution >= 4 is 24.4 Å². The summed E-state index contributed by atoms with van der Waals surface area (Å²) in [5, 5.41) is 0. The molecule has 0 unspecified atom stereocenters. The van der Waals surface area contributed by atoms with Crippen molar-refractivity contribution < 1.29 is 0 Å². The van der Waals surface area contributed by atoms with Crippen LogP contribution in [0.5, 0.6) is 0 Å². The van der Waals surface area contributed by atoms with Crippen LogP contribution in [-0.2, 0) is 5.41 Å². The van der Waals surface area contributed by atoms with Gasteiger partial charge in [0.05, 0.1) is 0 Å². The van der Waals surface area contributed by atoms with Gasteiger partial charge in [0, 0.05) is 9.79 Å². The van der Waals surface area contributed by atoms with E-state index in [4.69, 9.17) is 0 Å². The Hall–Kier alpha value is -0.0800. The molecule has 0 saturated carbocycles. The first-order valence-electron chi connectivity index (χ1n) is 4.88. The first-order chi connectivity index (χ1) is 6.51. The van der Waals surface area contributed by atoms with Crippen LogP contribution in [0.2, 0.25) is 0 Å². The minimum absolute atomic E-state index is 0.264. The molecule has 1 rings (SSSR count). The number of rotatable bonds is 3. The predicted octanol–water partition coefficient (Wildman–Crippen LogP) is 4.38. The number of hydrogen-bond donors (Lipinski definition) is 1. The number of thioether (sulfide) groups is 1. The Bertz CT molecular complexity index is 316. The molecule has 1 aromatic rings. The third kappa shape index (κ3) is 2.48. The average Bonchev–Trinajstić information content (AvgIpc) is 2.17. The molecule has 0 fully saturated rings. The molecule has 14 heavy (non-hydrogen) atoms. The molecule has 0 amide bonds. The van der Waals surface area contributed by atoms with Crippen LogP contribution in [-0.4, -0.2) is 6.26 Å². The fourth-order valence-electron chi connectivity index (χ4n) is 1.43. The molecule has 0 spiro atoms. The van der Waals surface area contributed by atoms with Crippen LogP contribution in [0, 0.1) is 0 Å². The highest BCUT2D eigenvalue weighted by atomic mass is 32.2. The molecule has 0 aromatic heterocycles. The van der Waals surface area contributed by atoms with Crippen molar-refractivity contribution in [3.8, 4) is 0 Å². The number of thiol groups is 1. The summed E-state index contributed by atoms with van der Waals surface area (Å²) in [6.07, 6.45) is 3.28. The van der Waals surface area contributed by atoms with Crippen LogP contribution in [0.15, 0.2) is 28.0 Å². The van der Waals surface area contributed by atoms with E-state index in [9.17, 15) is 0 Å². The molecule has 0 aliphatic rings. The molecule has 0 aliphatic heterocycles. The van der Waals surface area contributed by atoms with Gasteiger partial charge in [0.2, 0.25) is 0 Å². The highest BCUT2D eigenvalue weighted by Gasteiger charge is 2.20. The van der Waals surface area contributed by atoms with Gasteiger partial charge in [-0.1, -0.05) is 26.8 Å². The SMILES string of the molecule is CCC(C)(C)c1ccc(S)cc1SC. The topological polar surface area (TPSA) is 0 Å². The van der Waals surface area contributed by atoms with Gasteiger partial charge in [-0.05, 0) is 35.8 Å². The molecule has 0 nitrogen and oxygen atoms in total. The fourth-order valence-corrected chi connectivity index (χ4v) is 2.53. The summed E-state index contributed by atoms with van der Waals surface area (Å²) >= 11 is 6.17. The van der Waals surface area contributed by atoms with Crippen LogP contribution in [0.1, 0.15) is 32.8 Å². The van der Waals surface area contributed by atoms with E-state index in [0.29, 0.717) is 0 Å². The first kappa shape index (κ1) is 12.0. The minimum atomic E-state index is 0.264. The summed E-state index contributed by atoms with van der Waals surface area (Å²) < 4.78 is 0. The molecule has 0 N–H and O–H groups in total. The van der Waals surface area contributed by atoms with Crippen molar-refractivity contribution in [2.75, 3.05) is 6.26 Å². The molecular formula is C12H18S2. The van der Waals surface area contributed by atoms with E-state index in [1.54, 1.807) is 11.8 Å². The highest BCUT2D eigenvalue weighted by Crippen LogP contribution is 2.35. The summed E-state index contributed by atoms with van der Waals surface area (Å²) in [4.78, 5) is 2.40. The molecule has 0 radical (unpaired) electrons. The molecule has 0 atom stereocenters. The maximum atomic E-state index is 4.37. The highest BCUT2D eigenvalue weighted by molar-refractivity contribution is 7.98. The molecule has 78 valence electrons. The van der Waals surface area contributed by atoms with Crippen LogP contribution in [0.25, 0.3) is 0 Å². The Balaban J connectivity index is 3.20. The molecule has 0 aliphatic carbocycles. The molecule has 0 heterocycles. The van der Waals surface area contributed by atoms with Gasteiger partial charge in [0.15, 0.2) is 0 Å². The average molecular weight is 226 g/mol. The third-order valence-corrected chi connectivity index (χ3v) is 3.85. The Morgan fingerprint density at radius 1 is 1.36 bits per heavy atom. The third-order valence-electron chi connectivity index (χ3n) is 2.80. The van der Waals surface area contributed by atoms with Gasteiger partial charge in [-0.25, -0.2) is 0 Å². The van der Waals surface area contributed by atoms with Crippen molar-refractivity contribution in [2.24, 2.45) is 0 Å². The molecule has 0 saturated heterocycles. The zero-order chi connectivity index (χ0) is 10.8. The smallest absolute Gasteiger partial charge is 0.0118 e. The summed E-state index contributed by atoms with van der Waals surface area (Å²) in [6, 6.07) is 6.44. The van der Waals surface area contributed by atoms with E-state index < -0.39 is 0 Å². The number of hydrogen-bond acceptors (Lipinski definition) is 2. The standard InChI is InChI=1S/C12H18S2/c1-5-12(2,3)10-7-6-9(13)8-11(10)14-4/h6-8,13H,5H2,1-4H3. The van der Waals surface area contributed by atoms with E-state index in [2.05, 4.69) is 57.9 Å². The second-order valence-corrected chi connectivity index (χ2v) is 5.49. The van der Waals surface area contributed by atoms with Crippen LogP contribution < -0.4 is 0 Å². The van der Waals surface area contributed by atoms with Crippen LogP contribution >= 0.6 is 24.4 Å². The first-order valence-corrected chi connectivity index (χ1v) is 6.56.